The Hall–Kier alpha value is -3.42. The van der Waals surface area contributed by atoms with Crippen LogP contribution in [0.2, 0.25) is 0 Å². The third kappa shape index (κ3) is 3.92. The van der Waals surface area contributed by atoms with Gasteiger partial charge in [-0.2, -0.15) is 10.1 Å². The number of hydrogen-bond donors (Lipinski definition) is 0. The lowest BCUT2D eigenvalue weighted by Crippen LogP contribution is -2.49. The summed E-state index contributed by atoms with van der Waals surface area (Å²) in [5.41, 5.74) is 3.47. The van der Waals surface area contributed by atoms with Crippen molar-refractivity contribution in [3.8, 4) is 5.69 Å². The van der Waals surface area contributed by atoms with Crippen molar-refractivity contribution in [3.63, 3.8) is 0 Å². The van der Waals surface area contributed by atoms with E-state index in [1.54, 1.807) is 6.20 Å². The van der Waals surface area contributed by atoms with Gasteiger partial charge in [0.1, 0.15) is 5.82 Å². The molecule has 2 aliphatic rings. The largest absolute Gasteiger partial charge is 0.353 e. The SMILES string of the molecule is Cc1cc(N2CCN(C(=O)c3cnn(-c4ccccc4)c3C)CC2)nc(N2CCCC2)n1. The molecule has 3 aromatic rings. The molecule has 32 heavy (non-hydrogen) atoms. The predicted molar refractivity (Wildman–Crippen MR) is 125 cm³/mol. The normalized spacial score (nSPS) is 16.6. The highest BCUT2D eigenvalue weighted by molar-refractivity contribution is 5.95. The number of aryl methyl sites for hydroxylation is 1. The van der Waals surface area contributed by atoms with E-state index in [9.17, 15) is 4.79 Å². The van der Waals surface area contributed by atoms with Crippen molar-refractivity contribution in [2.75, 3.05) is 49.1 Å². The molecule has 8 heteroatoms. The summed E-state index contributed by atoms with van der Waals surface area (Å²) in [6.45, 7) is 8.88. The second-order valence-electron chi connectivity index (χ2n) is 8.53. The van der Waals surface area contributed by atoms with E-state index in [0.29, 0.717) is 18.7 Å². The van der Waals surface area contributed by atoms with Crippen LogP contribution < -0.4 is 9.80 Å². The van der Waals surface area contributed by atoms with E-state index in [2.05, 4.69) is 19.9 Å². The molecule has 0 saturated carbocycles. The number of carbonyl (C=O) groups excluding carboxylic acids is 1. The Balaban J connectivity index is 1.27. The summed E-state index contributed by atoms with van der Waals surface area (Å²) in [5.74, 6) is 1.83. The molecule has 166 valence electrons. The number of rotatable bonds is 4. The van der Waals surface area contributed by atoms with Gasteiger partial charge < -0.3 is 14.7 Å². The monoisotopic (exact) mass is 431 g/mol. The first kappa shape index (κ1) is 20.5. The molecule has 0 atom stereocenters. The zero-order valence-corrected chi connectivity index (χ0v) is 18.7. The van der Waals surface area contributed by atoms with Gasteiger partial charge in [-0.3, -0.25) is 4.79 Å². The van der Waals surface area contributed by atoms with Gasteiger partial charge >= 0.3 is 0 Å². The molecule has 8 nitrogen and oxygen atoms in total. The molecule has 0 bridgehead atoms. The maximum Gasteiger partial charge on any atom is 0.257 e. The number of piperazine rings is 1. The number of nitrogens with zero attached hydrogens (tertiary/aromatic N) is 7. The third-order valence-corrected chi connectivity index (χ3v) is 6.35. The number of aromatic nitrogens is 4. The van der Waals surface area contributed by atoms with Crippen LogP contribution in [0.15, 0.2) is 42.6 Å². The van der Waals surface area contributed by atoms with E-state index < -0.39 is 0 Å². The van der Waals surface area contributed by atoms with Crippen molar-refractivity contribution in [2.45, 2.75) is 26.7 Å². The fraction of sp³-hybridized carbons (Fsp3) is 0.417. The fourth-order valence-electron chi connectivity index (χ4n) is 4.52. The predicted octanol–water partition coefficient (Wildman–Crippen LogP) is 2.84. The van der Waals surface area contributed by atoms with Gasteiger partial charge in [-0.1, -0.05) is 18.2 Å². The van der Waals surface area contributed by atoms with Crippen LogP contribution in [0, 0.1) is 13.8 Å². The second kappa shape index (κ2) is 8.61. The van der Waals surface area contributed by atoms with Crippen molar-refractivity contribution in [2.24, 2.45) is 0 Å². The first-order chi connectivity index (χ1) is 15.6. The molecular formula is C24H29N7O. The van der Waals surface area contributed by atoms with E-state index in [-0.39, 0.29) is 5.91 Å². The summed E-state index contributed by atoms with van der Waals surface area (Å²) in [5, 5.41) is 4.46. The van der Waals surface area contributed by atoms with Gasteiger partial charge in [-0.25, -0.2) is 9.67 Å². The number of anilines is 2. The lowest BCUT2D eigenvalue weighted by Gasteiger charge is -2.35. The standard InChI is InChI=1S/C24H29N7O/c1-18-16-22(27-24(26-18)30-10-6-7-11-30)28-12-14-29(15-13-28)23(32)21-17-25-31(19(21)2)20-8-4-3-5-9-20/h3-5,8-9,16-17H,6-7,10-15H2,1-2H3. The Morgan fingerprint density at radius 1 is 0.875 bits per heavy atom. The van der Waals surface area contributed by atoms with Gasteiger partial charge in [0.2, 0.25) is 5.95 Å². The van der Waals surface area contributed by atoms with E-state index in [4.69, 9.17) is 4.98 Å². The van der Waals surface area contributed by atoms with Crippen molar-refractivity contribution < 1.29 is 4.79 Å². The smallest absolute Gasteiger partial charge is 0.257 e. The number of hydrogen-bond acceptors (Lipinski definition) is 6. The molecular weight excluding hydrogens is 402 g/mol. The van der Waals surface area contributed by atoms with Crippen molar-refractivity contribution in [1.29, 1.82) is 0 Å². The van der Waals surface area contributed by atoms with Gasteiger partial charge in [-0.05, 0) is 38.8 Å². The van der Waals surface area contributed by atoms with Crippen molar-refractivity contribution >= 4 is 17.7 Å². The van der Waals surface area contributed by atoms with Crippen LogP contribution in [0.4, 0.5) is 11.8 Å². The Morgan fingerprint density at radius 2 is 1.59 bits per heavy atom. The third-order valence-electron chi connectivity index (χ3n) is 6.35. The molecule has 0 radical (unpaired) electrons. The van der Waals surface area contributed by atoms with Crippen LogP contribution in [0.25, 0.3) is 5.69 Å². The van der Waals surface area contributed by atoms with Crippen LogP contribution in [0.1, 0.15) is 34.6 Å². The van der Waals surface area contributed by atoms with E-state index in [1.165, 1.54) is 12.8 Å². The molecule has 0 aliphatic carbocycles. The molecule has 2 aromatic heterocycles. The molecule has 1 amide bonds. The van der Waals surface area contributed by atoms with Gasteiger partial charge in [0.05, 0.1) is 23.1 Å². The number of carbonyl (C=O) groups is 1. The molecule has 2 fully saturated rings. The van der Waals surface area contributed by atoms with Gasteiger partial charge in [0.15, 0.2) is 0 Å². The van der Waals surface area contributed by atoms with Crippen LogP contribution in [0.5, 0.6) is 0 Å². The first-order valence-corrected chi connectivity index (χ1v) is 11.3. The molecule has 0 unspecified atom stereocenters. The van der Waals surface area contributed by atoms with Crippen LogP contribution >= 0.6 is 0 Å². The molecule has 1 aromatic carbocycles. The maximum absolute atomic E-state index is 13.2. The summed E-state index contributed by atoms with van der Waals surface area (Å²) >= 11 is 0. The molecule has 0 N–H and O–H groups in total. The van der Waals surface area contributed by atoms with E-state index in [1.807, 2.05) is 59.8 Å². The second-order valence-corrected chi connectivity index (χ2v) is 8.53. The Kier molecular flexibility index (Phi) is 5.51. The number of amides is 1. The van der Waals surface area contributed by atoms with E-state index >= 15 is 0 Å². The molecule has 2 aliphatic heterocycles. The van der Waals surface area contributed by atoms with Crippen molar-refractivity contribution in [3.05, 3.63) is 59.5 Å². The van der Waals surface area contributed by atoms with Crippen molar-refractivity contribution in [1.82, 2.24) is 24.6 Å². The zero-order valence-electron chi connectivity index (χ0n) is 18.7. The first-order valence-electron chi connectivity index (χ1n) is 11.3. The molecule has 0 spiro atoms. The Morgan fingerprint density at radius 3 is 2.31 bits per heavy atom. The van der Waals surface area contributed by atoms with E-state index in [0.717, 1.165) is 55.0 Å². The van der Waals surface area contributed by atoms with Gasteiger partial charge in [0, 0.05) is 51.0 Å². The topological polar surface area (TPSA) is 70.4 Å². The fourth-order valence-corrected chi connectivity index (χ4v) is 4.52. The molecule has 2 saturated heterocycles. The average Bonchev–Trinajstić information content (AvgIpc) is 3.49. The maximum atomic E-state index is 13.2. The van der Waals surface area contributed by atoms with Crippen LogP contribution in [-0.4, -0.2) is 69.8 Å². The highest BCUT2D eigenvalue weighted by atomic mass is 16.2. The van der Waals surface area contributed by atoms with Gasteiger partial charge in [0.25, 0.3) is 5.91 Å². The summed E-state index contributed by atoms with van der Waals surface area (Å²) < 4.78 is 1.83. The lowest BCUT2D eigenvalue weighted by atomic mass is 10.2. The molecule has 4 heterocycles. The summed E-state index contributed by atoms with van der Waals surface area (Å²) in [4.78, 5) is 29.2. The molecule has 5 rings (SSSR count). The summed E-state index contributed by atoms with van der Waals surface area (Å²) in [6.07, 6.45) is 4.09. The lowest BCUT2D eigenvalue weighted by molar-refractivity contribution is 0.0745. The van der Waals surface area contributed by atoms with Crippen LogP contribution in [-0.2, 0) is 0 Å². The average molecular weight is 432 g/mol. The highest BCUT2D eigenvalue weighted by Crippen LogP contribution is 2.23. The minimum Gasteiger partial charge on any atom is -0.353 e. The minimum absolute atomic E-state index is 0.0426. The summed E-state index contributed by atoms with van der Waals surface area (Å²) in [7, 11) is 0. The Labute approximate surface area is 188 Å². The number of benzene rings is 1. The summed E-state index contributed by atoms with van der Waals surface area (Å²) in [6, 6.07) is 12.0. The highest BCUT2D eigenvalue weighted by Gasteiger charge is 2.26. The minimum atomic E-state index is 0.0426. The quantitative estimate of drug-likeness (QED) is 0.633. The zero-order chi connectivity index (χ0) is 22.1. The van der Waals surface area contributed by atoms with Gasteiger partial charge in [-0.15, -0.1) is 0 Å². The number of para-hydroxylation sites is 1. The Bertz CT molecular complexity index is 1100. The van der Waals surface area contributed by atoms with Crippen LogP contribution in [0.3, 0.4) is 0 Å².